The Balaban J connectivity index is 1.29. The summed E-state index contributed by atoms with van der Waals surface area (Å²) in [5.41, 5.74) is 7.78. The van der Waals surface area contributed by atoms with Crippen LogP contribution in [0.3, 0.4) is 0 Å². The summed E-state index contributed by atoms with van der Waals surface area (Å²) in [5.74, 6) is 0.211. The molecule has 1 heterocycles. The van der Waals surface area contributed by atoms with Crippen molar-refractivity contribution >= 4 is 23.2 Å². The lowest BCUT2D eigenvalue weighted by atomic mass is 10.1. The number of halogens is 1. The molecule has 0 bridgehead atoms. The summed E-state index contributed by atoms with van der Waals surface area (Å²) in [5, 5.41) is 0. The van der Waals surface area contributed by atoms with E-state index in [0.717, 1.165) is 17.0 Å². The third-order valence-corrected chi connectivity index (χ3v) is 5.44. The van der Waals surface area contributed by atoms with Crippen molar-refractivity contribution in [2.75, 3.05) is 23.5 Å². The van der Waals surface area contributed by atoms with Crippen LogP contribution in [0, 0.1) is 11.7 Å². The monoisotopic (exact) mass is 463 g/mol. The van der Waals surface area contributed by atoms with E-state index in [1.54, 1.807) is 41.3 Å². The molecule has 2 N–H and O–H groups in total. The summed E-state index contributed by atoms with van der Waals surface area (Å²) in [6, 6.07) is 20.5. The van der Waals surface area contributed by atoms with Gasteiger partial charge >= 0.3 is 0 Å². The van der Waals surface area contributed by atoms with Gasteiger partial charge in [0.15, 0.2) is 0 Å². The Morgan fingerprint density at radius 2 is 1.79 bits per heavy atom. The summed E-state index contributed by atoms with van der Waals surface area (Å²) in [4.78, 5) is 26.8. The van der Waals surface area contributed by atoms with Gasteiger partial charge in [-0.15, -0.1) is 0 Å². The number of hydrogen-bond donors (Lipinski definition) is 2. The van der Waals surface area contributed by atoms with E-state index < -0.39 is 5.92 Å². The van der Waals surface area contributed by atoms with Crippen LogP contribution in [0.1, 0.15) is 18.9 Å². The van der Waals surface area contributed by atoms with Crippen molar-refractivity contribution < 1.29 is 23.5 Å². The number of amides is 2. The smallest absolute Gasteiger partial charge is 0.243 e. The molecular weight excluding hydrogens is 437 g/mol. The molecule has 1 atom stereocenters. The number of benzene rings is 3. The fourth-order valence-electron chi connectivity index (χ4n) is 3.67. The molecule has 0 unspecified atom stereocenters. The van der Waals surface area contributed by atoms with Crippen molar-refractivity contribution in [2.45, 2.75) is 20.0 Å². The first-order chi connectivity index (χ1) is 16.5. The Hall–Kier alpha value is -4.07. The van der Waals surface area contributed by atoms with E-state index in [4.69, 9.17) is 9.47 Å². The summed E-state index contributed by atoms with van der Waals surface area (Å²) in [6.07, 6.45) is 0.140. The minimum atomic E-state index is -0.468. The minimum absolute atomic E-state index is 0.0968. The Morgan fingerprint density at radius 3 is 2.53 bits per heavy atom. The maximum atomic E-state index is 13.0. The maximum Gasteiger partial charge on any atom is 0.243 e. The second-order valence-corrected chi connectivity index (χ2v) is 7.89. The molecule has 0 aromatic heterocycles. The zero-order chi connectivity index (χ0) is 23.9. The molecule has 1 fully saturated rings. The summed E-state index contributed by atoms with van der Waals surface area (Å²) in [6.45, 7) is 3.08. The van der Waals surface area contributed by atoms with E-state index in [-0.39, 0.29) is 24.1 Å². The van der Waals surface area contributed by atoms with Crippen molar-refractivity contribution in [3.05, 3.63) is 84.2 Å². The zero-order valence-corrected chi connectivity index (χ0v) is 18.8. The SMILES string of the molecule is CCOc1ccc(N2C[C@@H](C(=O)NNc3cccc(OCc4ccc(F)cc4)c3)CC2=O)cc1. The summed E-state index contributed by atoms with van der Waals surface area (Å²) in [7, 11) is 0. The average Bonchev–Trinajstić information content (AvgIpc) is 3.25. The van der Waals surface area contributed by atoms with Crippen LogP contribution in [0.5, 0.6) is 11.5 Å². The summed E-state index contributed by atoms with van der Waals surface area (Å²) < 4.78 is 24.2. The highest BCUT2D eigenvalue weighted by molar-refractivity contribution is 6.00. The highest BCUT2D eigenvalue weighted by atomic mass is 19.1. The van der Waals surface area contributed by atoms with Crippen LogP contribution < -0.4 is 25.2 Å². The molecule has 176 valence electrons. The molecule has 1 aliphatic rings. The largest absolute Gasteiger partial charge is 0.494 e. The van der Waals surface area contributed by atoms with Crippen molar-refractivity contribution in [3.63, 3.8) is 0 Å². The number of ether oxygens (including phenoxy) is 2. The van der Waals surface area contributed by atoms with Gasteiger partial charge in [-0.05, 0) is 61.0 Å². The Morgan fingerprint density at radius 1 is 1.03 bits per heavy atom. The lowest BCUT2D eigenvalue weighted by molar-refractivity contribution is -0.125. The highest BCUT2D eigenvalue weighted by Gasteiger charge is 2.35. The second-order valence-electron chi connectivity index (χ2n) is 7.89. The van der Waals surface area contributed by atoms with Gasteiger partial charge in [0, 0.05) is 24.7 Å². The average molecular weight is 464 g/mol. The molecule has 4 rings (SSSR count). The number of rotatable bonds is 9. The highest BCUT2D eigenvalue weighted by Crippen LogP contribution is 2.27. The molecule has 3 aromatic carbocycles. The number of carbonyl (C=O) groups excluding carboxylic acids is 2. The molecule has 0 aliphatic carbocycles. The first-order valence-electron chi connectivity index (χ1n) is 11.1. The zero-order valence-electron chi connectivity index (χ0n) is 18.8. The number of hydrazine groups is 1. The molecule has 2 amide bonds. The number of anilines is 2. The van der Waals surface area contributed by atoms with Gasteiger partial charge in [-0.3, -0.25) is 20.4 Å². The van der Waals surface area contributed by atoms with E-state index in [2.05, 4.69) is 10.9 Å². The molecule has 3 aromatic rings. The Labute approximate surface area is 197 Å². The van der Waals surface area contributed by atoms with Crippen LogP contribution in [-0.2, 0) is 16.2 Å². The second kappa shape index (κ2) is 10.7. The lowest BCUT2D eigenvalue weighted by Crippen LogP contribution is -2.36. The van der Waals surface area contributed by atoms with Crippen LogP contribution in [0.2, 0.25) is 0 Å². The van der Waals surface area contributed by atoms with E-state index in [0.29, 0.717) is 31.2 Å². The molecule has 0 spiro atoms. The minimum Gasteiger partial charge on any atom is -0.494 e. The van der Waals surface area contributed by atoms with Gasteiger partial charge in [0.1, 0.15) is 23.9 Å². The van der Waals surface area contributed by atoms with Gasteiger partial charge in [0.2, 0.25) is 11.8 Å². The Kier molecular flexibility index (Phi) is 7.27. The number of nitrogens with one attached hydrogen (secondary N) is 2. The predicted molar refractivity (Wildman–Crippen MR) is 127 cm³/mol. The van der Waals surface area contributed by atoms with Crippen molar-refractivity contribution in [3.8, 4) is 11.5 Å². The fraction of sp³-hybridized carbons (Fsp3) is 0.231. The molecular formula is C26H26FN3O4. The predicted octanol–water partition coefficient (Wildman–Crippen LogP) is 4.30. The lowest BCUT2D eigenvalue weighted by Gasteiger charge is -2.17. The molecule has 0 radical (unpaired) electrons. The van der Waals surface area contributed by atoms with Crippen molar-refractivity contribution in [2.24, 2.45) is 5.92 Å². The third kappa shape index (κ3) is 5.83. The Bertz CT molecular complexity index is 1140. The normalized spacial score (nSPS) is 15.2. The van der Waals surface area contributed by atoms with Gasteiger partial charge in [0.25, 0.3) is 0 Å². The first kappa shape index (κ1) is 23.1. The van der Waals surface area contributed by atoms with E-state index in [1.807, 2.05) is 31.2 Å². The first-order valence-corrected chi connectivity index (χ1v) is 11.1. The third-order valence-electron chi connectivity index (χ3n) is 5.44. The van der Waals surface area contributed by atoms with Crippen LogP contribution >= 0.6 is 0 Å². The van der Waals surface area contributed by atoms with E-state index in [9.17, 15) is 14.0 Å². The van der Waals surface area contributed by atoms with Gasteiger partial charge in [-0.1, -0.05) is 18.2 Å². The van der Waals surface area contributed by atoms with Crippen LogP contribution in [0.15, 0.2) is 72.8 Å². The molecule has 34 heavy (non-hydrogen) atoms. The standard InChI is InChI=1S/C26H26FN3O4/c1-2-33-23-12-10-22(11-13-23)30-16-19(14-25(30)31)26(32)29-28-21-4-3-5-24(15-21)34-17-18-6-8-20(27)9-7-18/h3-13,15,19,28H,2,14,16-17H2,1H3,(H,29,32)/t19-/m0/s1. The van der Waals surface area contributed by atoms with Crippen molar-refractivity contribution in [1.29, 1.82) is 0 Å². The van der Waals surface area contributed by atoms with Crippen LogP contribution in [0.25, 0.3) is 0 Å². The maximum absolute atomic E-state index is 13.0. The van der Waals surface area contributed by atoms with Crippen LogP contribution in [-0.4, -0.2) is 25.0 Å². The molecule has 1 aliphatic heterocycles. The van der Waals surface area contributed by atoms with E-state index >= 15 is 0 Å². The van der Waals surface area contributed by atoms with E-state index in [1.165, 1.54) is 12.1 Å². The molecule has 1 saturated heterocycles. The number of nitrogens with zero attached hydrogens (tertiary/aromatic N) is 1. The summed E-state index contributed by atoms with van der Waals surface area (Å²) >= 11 is 0. The van der Waals surface area contributed by atoms with Gasteiger partial charge in [0.05, 0.1) is 18.2 Å². The number of hydrogen-bond acceptors (Lipinski definition) is 5. The molecule has 7 nitrogen and oxygen atoms in total. The van der Waals surface area contributed by atoms with Gasteiger partial charge < -0.3 is 14.4 Å². The van der Waals surface area contributed by atoms with Crippen LogP contribution in [0.4, 0.5) is 15.8 Å². The molecule has 0 saturated carbocycles. The van der Waals surface area contributed by atoms with Gasteiger partial charge in [-0.25, -0.2) is 4.39 Å². The fourth-order valence-corrected chi connectivity index (χ4v) is 3.67. The van der Waals surface area contributed by atoms with Gasteiger partial charge in [-0.2, -0.15) is 0 Å². The number of carbonyl (C=O) groups is 2. The quantitative estimate of drug-likeness (QED) is 0.463. The van der Waals surface area contributed by atoms with Crippen molar-refractivity contribution in [1.82, 2.24) is 5.43 Å². The topological polar surface area (TPSA) is 79.9 Å². The molecule has 8 heteroatoms.